The first kappa shape index (κ1) is 13.4. The number of methoxy groups -OCH3 is 1. The number of hydrogen-bond donors (Lipinski definition) is 2. The molecular formula is C15H23NO2. The molecule has 1 aliphatic carbocycles. The van der Waals surface area contributed by atoms with Crippen molar-refractivity contribution >= 4 is 0 Å². The first-order valence-electron chi connectivity index (χ1n) is 6.79. The fourth-order valence-electron chi connectivity index (χ4n) is 2.64. The molecule has 1 unspecified atom stereocenters. The summed E-state index contributed by atoms with van der Waals surface area (Å²) in [5, 5.41) is 12.8. The quantitative estimate of drug-likeness (QED) is 0.837. The van der Waals surface area contributed by atoms with Crippen molar-refractivity contribution in [1.29, 1.82) is 0 Å². The highest BCUT2D eigenvalue weighted by molar-refractivity contribution is 5.37. The molecule has 0 radical (unpaired) electrons. The molecule has 3 nitrogen and oxygen atoms in total. The van der Waals surface area contributed by atoms with Crippen molar-refractivity contribution in [2.75, 3.05) is 13.7 Å². The summed E-state index contributed by atoms with van der Waals surface area (Å²) in [5.41, 5.74) is 2.82. The molecule has 0 amide bonds. The first-order valence-corrected chi connectivity index (χ1v) is 6.79. The molecule has 0 aromatic heterocycles. The maximum absolute atomic E-state index is 9.25. The fraction of sp³-hybridized carbons (Fsp3) is 0.600. The summed E-state index contributed by atoms with van der Waals surface area (Å²) in [6.07, 6.45) is 4.26. The molecule has 0 saturated carbocycles. The smallest absolute Gasteiger partial charge is 0.119 e. The number of aliphatic hydroxyl groups is 1. The third-order valence-electron chi connectivity index (χ3n) is 3.83. The molecule has 100 valence electrons. The van der Waals surface area contributed by atoms with E-state index in [1.807, 2.05) is 6.07 Å². The van der Waals surface area contributed by atoms with Crippen LogP contribution in [-0.2, 0) is 12.8 Å². The van der Waals surface area contributed by atoms with E-state index in [2.05, 4.69) is 24.4 Å². The summed E-state index contributed by atoms with van der Waals surface area (Å²) >= 11 is 0. The molecule has 2 N–H and O–H groups in total. The molecule has 3 heteroatoms. The Bertz CT molecular complexity index is 388. The lowest BCUT2D eigenvalue weighted by Crippen LogP contribution is -2.43. The van der Waals surface area contributed by atoms with Gasteiger partial charge in [-0.2, -0.15) is 0 Å². The molecule has 2 atom stereocenters. The van der Waals surface area contributed by atoms with E-state index < -0.39 is 0 Å². The molecular weight excluding hydrogens is 226 g/mol. The van der Waals surface area contributed by atoms with E-state index >= 15 is 0 Å². The molecule has 0 spiro atoms. The summed E-state index contributed by atoms with van der Waals surface area (Å²) in [5.74, 6) is 0.934. The van der Waals surface area contributed by atoms with Crippen molar-refractivity contribution in [3.8, 4) is 5.75 Å². The van der Waals surface area contributed by atoms with Crippen LogP contribution in [0.1, 0.15) is 30.9 Å². The van der Waals surface area contributed by atoms with Crippen LogP contribution in [0.5, 0.6) is 5.75 Å². The maximum Gasteiger partial charge on any atom is 0.119 e. The van der Waals surface area contributed by atoms with Gasteiger partial charge in [-0.15, -0.1) is 0 Å². The predicted molar refractivity (Wildman–Crippen MR) is 73.1 cm³/mol. The van der Waals surface area contributed by atoms with E-state index in [1.54, 1.807) is 7.11 Å². The van der Waals surface area contributed by atoms with Crippen molar-refractivity contribution < 1.29 is 9.84 Å². The first-order chi connectivity index (χ1) is 8.76. The monoisotopic (exact) mass is 249 g/mol. The second-order valence-electron chi connectivity index (χ2n) is 5.03. The van der Waals surface area contributed by atoms with Gasteiger partial charge in [0.1, 0.15) is 5.75 Å². The largest absolute Gasteiger partial charge is 0.497 e. The molecule has 0 aliphatic heterocycles. The van der Waals surface area contributed by atoms with E-state index in [9.17, 15) is 5.11 Å². The summed E-state index contributed by atoms with van der Waals surface area (Å²) in [6, 6.07) is 7.05. The zero-order chi connectivity index (χ0) is 13.0. The lowest BCUT2D eigenvalue weighted by atomic mass is 9.87. The SMILES string of the molecule is CC[C@@H](CO)NC1CCc2ccc(OC)cc2C1. The van der Waals surface area contributed by atoms with Gasteiger partial charge in [0.05, 0.1) is 13.7 Å². The number of hydrogen-bond acceptors (Lipinski definition) is 3. The van der Waals surface area contributed by atoms with E-state index in [0.29, 0.717) is 6.04 Å². The van der Waals surface area contributed by atoms with Crippen LogP contribution in [0.25, 0.3) is 0 Å². The normalized spacial score (nSPS) is 20.3. The Hall–Kier alpha value is -1.06. The summed E-state index contributed by atoms with van der Waals surface area (Å²) in [4.78, 5) is 0. The van der Waals surface area contributed by atoms with Crippen LogP contribution in [0.4, 0.5) is 0 Å². The highest BCUT2D eigenvalue weighted by atomic mass is 16.5. The fourth-order valence-corrected chi connectivity index (χ4v) is 2.64. The molecule has 0 saturated heterocycles. The number of nitrogens with one attached hydrogen (secondary N) is 1. The Morgan fingerprint density at radius 3 is 2.94 bits per heavy atom. The average molecular weight is 249 g/mol. The van der Waals surface area contributed by atoms with Crippen LogP contribution >= 0.6 is 0 Å². The molecule has 18 heavy (non-hydrogen) atoms. The van der Waals surface area contributed by atoms with Crippen molar-refractivity contribution in [3.05, 3.63) is 29.3 Å². The van der Waals surface area contributed by atoms with Crippen molar-refractivity contribution in [2.45, 2.75) is 44.7 Å². The van der Waals surface area contributed by atoms with Gasteiger partial charge in [0.25, 0.3) is 0 Å². The van der Waals surface area contributed by atoms with Gasteiger partial charge in [-0.3, -0.25) is 0 Å². The molecule has 2 rings (SSSR count). The topological polar surface area (TPSA) is 41.5 Å². The zero-order valence-corrected chi connectivity index (χ0v) is 11.3. The molecule has 1 aromatic carbocycles. The van der Waals surface area contributed by atoms with E-state index in [1.165, 1.54) is 11.1 Å². The van der Waals surface area contributed by atoms with Crippen LogP contribution in [0.3, 0.4) is 0 Å². The summed E-state index contributed by atoms with van der Waals surface area (Å²) in [7, 11) is 1.71. The molecule has 1 aromatic rings. The standard InChI is InChI=1S/C15H23NO2/c1-3-13(10-17)16-14-6-4-11-5-7-15(18-2)9-12(11)8-14/h5,7,9,13-14,16-17H,3-4,6,8,10H2,1-2H3/t13-,14?/m0/s1. The molecule has 0 fully saturated rings. The maximum atomic E-state index is 9.25. The van der Waals surface area contributed by atoms with Gasteiger partial charge in [0.15, 0.2) is 0 Å². The van der Waals surface area contributed by atoms with Gasteiger partial charge in [0, 0.05) is 12.1 Å². The second kappa shape index (κ2) is 6.21. The summed E-state index contributed by atoms with van der Waals surface area (Å²) in [6.45, 7) is 2.33. The molecule has 0 bridgehead atoms. The number of ether oxygens (including phenoxy) is 1. The Morgan fingerprint density at radius 2 is 2.28 bits per heavy atom. The van der Waals surface area contributed by atoms with Crippen molar-refractivity contribution in [2.24, 2.45) is 0 Å². The van der Waals surface area contributed by atoms with Crippen LogP contribution in [0, 0.1) is 0 Å². The minimum absolute atomic E-state index is 0.220. The minimum atomic E-state index is 0.220. The predicted octanol–water partition coefficient (Wildman–Crippen LogP) is 1.91. The molecule has 1 aliphatic rings. The van der Waals surface area contributed by atoms with Gasteiger partial charge in [-0.05, 0) is 48.9 Å². The number of fused-ring (bicyclic) bond motifs is 1. The Morgan fingerprint density at radius 1 is 1.44 bits per heavy atom. The van der Waals surface area contributed by atoms with Gasteiger partial charge < -0.3 is 15.2 Å². The van der Waals surface area contributed by atoms with Crippen LogP contribution in [-0.4, -0.2) is 30.9 Å². The average Bonchev–Trinajstić information content (AvgIpc) is 2.43. The van der Waals surface area contributed by atoms with Crippen molar-refractivity contribution in [1.82, 2.24) is 5.32 Å². The number of aryl methyl sites for hydroxylation is 1. The van der Waals surface area contributed by atoms with Crippen LogP contribution < -0.4 is 10.1 Å². The van der Waals surface area contributed by atoms with E-state index in [4.69, 9.17) is 4.74 Å². The van der Waals surface area contributed by atoms with Gasteiger partial charge in [0.2, 0.25) is 0 Å². The lowest BCUT2D eigenvalue weighted by molar-refractivity contribution is 0.223. The summed E-state index contributed by atoms with van der Waals surface area (Å²) < 4.78 is 5.28. The number of benzene rings is 1. The van der Waals surface area contributed by atoms with Gasteiger partial charge in [-0.25, -0.2) is 0 Å². The third kappa shape index (κ3) is 3.03. The van der Waals surface area contributed by atoms with Gasteiger partial charge in [-0.1, -0.05) is 13.0 Å². The van der Waals surface area contributed by atoms with E-state index in [0.717, 1.165) is 31.4 Å². The number of aliphatic hydroxyl groups excluding tert-OH is 1. The van der Waals surface area contributed by atoms with Crippen LogP contribution in [0.2, 0.25) is 0 Å². The van der Waals surface area contributed by atoms with Gasteiger partial charge >= 0.3 is 0 Å². The second-order valence-corrected chi connectivity index (χ2v) is 5.03. The molecule has 0 heterocycles. The third-order valence-corrected chi connectivity index (χ3v) is 3.83. The Kier molecular flexibility index (Phi) is 4.61. The highest BCUT2D eigenvalue weighted by Gasteiger charge is 2.20. The highest BCUT2D eigenvalue weighted by Crippen LogP contribution is 2.25. The lowest BCUT2D eigenvalue weighted by Gasteiger charge is -2.29. The number of rotatable bonds is 5. The van der Waals surface area contributed by atoms with Crippen molar-refractivity contribution in [3.63, 3.8) is 0 Å². The zero-order valence-electron chi connectivity index (χ0n) is 11.3. The Labute approximate surface area is 109 Å². The van der Waals surface area contributed by atoms with Crippen LogP contribution in [0.15, 0.2) is 18.2 Å². The Balaban J connectivity index is 2.04. The minimum Gasteiger partial charge on any atom is -0.497 e. The van der Waals surface area contributed by atoms with E-state index in [-0.39, 0.29) is 12.6 Å².